The monoisotopic (exact) mass is 590 g/mol. The molecule has 4 rings (SSSR count). The topological polar surface area (TPSA) is 59.1 Å². The lowest BCUT2D eigenvalue weighted by Crippen LogP contribution is -2.53. The summed E-state index contributed by atoms with van der Waals surface area (Å²) >= 11 is 16.3. The van der Waals surface area contributed by atoms with E-state index >= 15 is 0 Å². The highest BCUT2D eigenvalue weighted by Crippen LogP contribution is 2.35. The van der Waals surface area contributed by atoms with Gasteiger partial charge in [0.1, 0.15) is 12.4 Å². The van der Waals surface area contributed by atoms with Crippen molar-refractivity contribution in [3.8, 4) is 5.75 Å². The lowest BCUT2D eigenvalue weighted by atomic mass is 10.0. The van der Waals surface area contributed by atoms with Crippen molar-refractivity contribution < 1.29 is 19.1 Å². The molecule has 1 heterocycles. The van der Waals surface area contributed by atoms with Crippen LogP contribution in [-0.4, -0.2) is 37.1 Å². The highest BCUT2D eigenvalue weighted by Gasteiger charge is 2.35. The number of ether oxygens (including phenoxy) is 2. The summed E-state index contributed by atoms with van der Waals surface area (Å²) in [5.74, 6) is 0.0643. The van der Waals surface area contributed by atoms with E-state index in [9.17, 15) is 9.59 Å². The molecule has 0 bridgehead atoms. The van der Waals surface area contributed by atoms with Crippen molar-refractivity contribution in [2.45, 2.75) is 19.6 Å². The minimum atomic E-state index is -0.318. The first kappa shape index (κ1) is 26.3. The van der Waals surface area contributed by atoms with Gasteiger partial charge in [0.05, 0.1) is 25.1 Å². The van der Waals surface area contributed by atoms with Gasteiger partial charge in [0.2, 0.25) is 0 Å². The molecule has 1 saturated heterocycles. The van der Waals surface area contributed by atoms with Crippen LogP contribution in [0.5, 0.6) is 5.75 Å². The summed E-state index contributed by atoms with van der Waals surface area (Å²) < 4.78 is 11.9. The zero-order chi connectivity index (χ0) is 25.7. The molecule has 0 radical (unpaired) electrons. The number of benzene rings is 3. The highest BCUT2D eigenvalue weighted by atomic mass is 79.9. The maximum atomic E-state index is 13.6. The lowest BCUT2D eigenvalue weighted by Gasteiger charge is -2.40. The number of methoxy groups -OCH3 is 1. The van der Waals surface area contributed by atoms with Crippen molar-refractivity contribution in [3.63, 3.8) is 0 Å². The van der Waals surface area contributed by atoms with Gasteiger partial charge in [0.15, 0.2) is 0 Å². The molecule has 1 aliphatic heterocycles. The van der Waals surface area contributed by atoms with E-state index in [1.807, 2.05) is 54.6 Å². The fourth-order valence-corrected chi connectivity index (χ4v) is 4.96. The van der Waals surface area contributed by atoms with E-state index in [1.54, 1.807) is 21.9 Å². The number of amides is 2. The van der Waals surface area contributed by atoms with Crippen LogP contribution in [0.15, 0.2) is 71.2 Å². The summed E-state index contributed by atoms with van der Waals surface area (Å²) in [6.45, 7) is 1.30. The second-order valence-electron chi connectivity index (χ2n) is 8.53. The molecular weight excluding hydrogens is 567 g/mol. The molecule has 3 aromatic rings. The normalized spacial score (nSPS) is 15.7. The van der Waals surface area contributed by atoms with Crippen LogP contribution in [0.3, 0.4) is 0 Å². The van der Waals surface area contributed by atoms with Crippen LogP contribution in [0.2, 0.25) is 10.0 Å². The third-order valence-corrected chi connectivity index (χ3v) is 7.03. The zero-order valence-electron chi connectivity index (χ0n) is 19.6. The first-order valence-corrected chi connectivity index (χ1v) is 12.9. The van der Waals surface area contributed by atoms with Crippen molar-refractivity contribution in [1.82, 2.24) is 4.90 Å². The molecule has 2 amide bonds. The summed E-state index contributed by atoms with van der Waals surface area (Å²) in [5.41, 5.74) is 2.39. The number of hydrogen-bond acceptors (Lipinski definition) is 4. The van der Waals surface area contributed by atoms with Crippen LogP contribution in [0, 0.1) is 5.92 Å². The third-order valence-electron chi connectivity index (χ3n) is 5.95. The maximum absolute atomic E-state index is 13.6. The van der Waals surface area contributed by atoms with Gasteiger partial charge >= 0.3 is 12.0 Å². The number of urea groups is 1. The first-order valence-electron chi connectivity index (χ1n) is 11.4. The fourth-order valence-electron chi connectivity index (χ4n) is 4.16. The number of nitrogens with zero attached hydrogens (tertiary/aromatic N) is 2. The predicted octanol–water partition coefficient (Wildman–Crippen LogP) is 6.96. The third kappa shape index (κ3) is 6.52. The van der Waals surface area contributed by atoms with Crippen LogP contribution in [0.1, 0.15) is 17.5 Å². The Morgan fingerprint density at radius 1 is 1.06 bits per heavy atom. The van der Waals surface area contributed by atoms with Crippen LogP contribution >= 0.6 is 39.1 Å². The first-order chi connectivity index (χ1) is 17.3. The van der Waals surface area contributed by atoms with Gasteiger partial charge in [-0.1, -0.05) is 69.5 Å². The molecule has 1 atom stereocenters. The SMILES string of the molecule is COC(=O)CC1CN(Cc2c(Cl)cc(Cl)cc2OCc2ccccc2)C(=O)N(c2ccc(Br)cc2)C1. The number of anilines is 1. The van der Waals surface area contributed by atoms with Crippen molar-refractivity contribution in [3.05, 3.63) is 92.4 Å². The molecule has 188 valence electrons. The second-order valence-corrected chi connectivity index (χ2v) is 10.3. The van der Waals surface area contributed by atoms with Crippen LogP contribution in [-0.2, 0) is 22.7 Å². The molecule has 36 heavy (non-hydrogen) atoms. The van der Waals surface area contributed by atoms with Crippen molar-refractivity contribution >= 4 is 56.8 Å². The Labute approximate surface area is 228 Å². The highest BCUT2D eigenvalue weighted by molar-refractivity contribution is 9.10. The Morgan fingerprint density at radius 3 is 2.47 bits per heavy atom. The Morgan fingerprint density at radius 2 is 1.78 bits per heavy atom. The molecule has 9 heteroatoms. The van der Waals surface area contributed by atoms with Crippen LogP contribution < -0.4 is 9.64 Å². The van der Waals surface area contributed by atoms with Crippen molar-refractivity contribution in [1.29, 1.82) is 0 Å². The summed E-state index contributed by atoms with van der Waals surface area (Å²) in [5, 5.41) is 0.848. The van der Waals surface area contributed by atoms with Gasteiger partial charge in [-0.05, 0) is 42.0 Å². The predicted molar refractivity (Wildman–Crippen MR) is 145 cm³/mol. The Balaban J connectivity index is 1.62. The molecule has 3 aromatic carbocycles. The van der Waals surface area contributed by atoms with Gasteiger partial charge in [-0.2, -0.15) is 0 Å². The van der Waals surface area contributed by atoms with Gasteiger partial charge in [0, 0.05) is 39.8 Å². The van der Waals surface area contributed by atoms with Gasteiger partial charge in [0.25, 0.3) is 0 Å². The summed E-state index contributed by atoms with van der Waals surface area (Å²) in [6, 6.07) is 20.4. The van der Waals surface area contributed by atoms with Gasteiger partial charge in [-0.3, -0.25) is 9.69 Å². The zero-order valence-corrected chi connectivity index (χ0v) is 22.7. The molecule has 1 unspecified atom stereocenters. The van der Waals surface area contributed by atoms with Crippen LogP contribution in [0.25, 0.3) is 0 Å². The Hall–Kier alpha value is -2.74. The number of carbonyl (C=O) groups excluding carboxylic acids is 2. The molecule has 0 spiro atoms. The number of carbonyl (C=O) groups is 2. The standard InChI is InChI=1S/C27H25BrCl2N2O4/c1-35-26(33)11-19-14-31(27(34)32(15-19)22-9-7-20(28)8-10-22)16-23-24(30)12-21(29)13-25(23)36-17-18-5-3-2-4-6-18/h2-10,12-13,19H,11,14-17H2,1H3. The van der Waals surface area contributed by atoms with Gasteiger partial charge < -0.3 is 14.4 Å². The molecule has 6 nitrogen and oxygen atoms in total. The van der Waals surface area contributed by atoms with E-state index in [-0.39, 0.29) is 30.9 Å². The molecule has 1 fully saturated rings. The van der Waals surface area contributed by atoms with E-state index in [0.29, 0.717) is 41.1 Å². The smallest absolute Gasteiger partial charge is 0.324 e. The number of hydrogen-bond donors (Lipinski definition) is 0. The minimum absolute atomic E-state index is 0.126. The molecule has 0 N–H and O–H groups in total. The van der Waals surface area contributed by atoms with Crippen LogP contribution in [0.4, 0.5) is 10.5 Å². The number of esters is 1. The summed E-state index contributed by atoms with van der Waals surface area (Å²) in [4.78, 5) is 29.0. The van der Waals surface area contributed by atoms with E-state index in [2.05, 4.69) is 15.9 Å². The Bertz CT molecular complexity index is 1220. The van der Waals surface area contributed by atoms with E-state index < -0.39 is 0 Å². The maximum Gasteiger partial charge on any atom is 0.324 e. The van der Waals surface area contributed by atoms with Gasteiger partial charge in [-0.25, -0.2) is 4.79 Å². The van der Waals surface area contributed by atoms with E-state index in [1.165, 1.54) is 7.11 Å². The van der Waals surface area contributed by atoms with E-state index in [4.69, 9.17) is 32.7 Å². The lowest BCUT2D eigenvalue weighted by molar-refractivity contribution is -0.141. The van der Waals surface area contributed by atoms with E-state index in [0.717, 1.165) is 15.7 Å². The Kier molecular flexibility index (Phi) is 8.77. The minimum Gasteiger partial charge on any atom is -0.488 e. The second kappa shape index (κ2) is 12.0. The number of rotatable bonds is 8. The van der Waals surface area contributed by atoms with Crippen molar-refractivity contribution in [2.75, 3.05) is 25.1 Å². The molecule has 1 aliphatic rings. The average Bonchev–Trinajstić information content (AvgIpc) is 2.87. The van der Waals surface area contributed by atoms with Gasteiger partial charge in [-0.15, -0.1) is 0 Å². The largest absolute Gasteiger partial charge is 0.488 e. The quantitative estimate of drug-likeness (QED) is 0.266. The fraction of sp³-hybridized carbons (Fsp3) is 0.259. The molecular formula is C27H25BrCl2N2O4. The summed E-state index contributed by atoms with van der Waals surface area (Å²) in [7, 11) is 1.37. The molecule has 0 saturated carbocycles. The molecule has 0 aromatic heterocycles. The molecule has 0 aliphatic carbocycles. The summed E-state index contributed by atoms with van der Waals surface area (Å²) in [6.07, 6.45) is 0.193. The average molecular weight is 592 g/mol. The van der Waals surface area contributed by atoms with Crippen molar-refractivity contribution in [2.24, 2.45) is 5.92 Å². The number of halogens is 3.